The lowest BCUT2D eigenvalue weighted by atomic mass is 10.0. The largest absolute Gasteiger partial charge is 0.357 e. The fourth-order valence-corrected chi connectivity index (χ4v) is 1.93. The zero-order valence-electron chi connectivity index (χ0n) is 12.7. The topological polar surface area (TPSA) is 39.7 Å². The molecule has 4 heteroatoms. The van der Waals surface area contributed by atoms with Crippen molar-refractivity contribution in [3.63, 3.8) is 0 Å². The van der Waals surface area contributed by atoms with Crippen LogP contribution < -0.4 is 10.6 Å². The van der Waals surface area contributed by atoms with Crippen LogP contribution in [0.4, 0.5) is 0 Å². The second-order valence-corrected chi connectivity index (χ2v) is 5.89. The van der Waals surface area contributed by atoms with Crippen LogP contribution >= 0.6 is 0 Å². The van der Waals surface area contributed by atoms with E-state index in [0.717, 1.165) is 19.0 Å². The summed E-state index contributed by atoms with van der Waals surface area (Å²) in [6.07, 6.45) is 3.76. The molecular formula is C14H30N4. The Balaban J connectivity index is 2.47. The molecule has 18 heavy (non-hydrogen) atoms. The van der Waals surface area contributed by atoms with Crippen LogP contribution in [0, 0.1) is 5.92 Å². The zero-order chi connectivity index (χ0) is 13.5. The van der Waals surface area contributed by atoms with E-state index in [4.69, 9.17) is 4.99 Å². The highest BCUT2D eigenvalue weighted by Crippen LogP contribution is 2.18. The third-order valence-corrected chi connectivity index (χ3v) is 3.20. The summed E-state index contributed by atoms with van der Waals surface area (Å²) in [5, 5.41) is 6.78. The fourth-order valence-electron chi connectivity index (χ4n) is 1.93. The van der Waals surface area contributed by atoms with Crippen molar-refractivity contribution in [1.29, 1.82) is 0 Å². The number of hydrogen-bond donors (Lipinski definition) is 2. The first-order valence-corrected chi connectivity index (χ1v) is 7.24. The van der Waals surface area contributed by atoms with Gasteiger partial charge in [-0.2, -0.15) is 0 Å². The van der Waals surface area contributed by atoms with Crippen LogP contribution in [0.25, 0.3) is 0 Å². The van der Waals surface area contributed by atoms with E-state index >= 15 is 0 Å². The Morgan fingerprint density at radius 3 is 2.44 bits per heavy atom. The lowest BCUT2D eigenvalue weighted by Gasteiger charge is -2.24. The highest BCUT2D eigenvalue weighted by Gasteiger charge is 2.22. The molecule has 0 amide bonds. The second kappa shape index (κ2) is 7.62. The monoisotopic (exact) mass is 254 g/mol. The number of likely N-dealkylation sites (N-methyl/N-ethyl adjacent to an activating group) is 1. The number of hydrogen-bond acceptors (Lipinski definition) is 2. The second-order valence-electron chi connectivity index (χ2n) is 5.89. The summed E-state index contributed by atoms with van der Waals surface area (Å²) < 4.78 is 0. The zero-order valence-corrected chi connectivity index (χ0v) is 12.7. The molecule has 0 aromatic rings. The summed E-state index contributed by atoms with van der Waals surface area (Å²) in [5.41, 5.74) is 0. The third kappa shape index (κ3) is 6.24. The van der Waals surface area contributed by atoms with Crippen molar-refractivity contribution in [2.24, 2.45) is 10.9 Å². The SMILES string of the molecule is CCNC(=NCC(CC(C)C)N(C)C)NC1CC1. The van der Waals surface area contributed by atoms with E-state index in [1.54, 1.807) is 0 Å². The van der Waals surface area contributed by atoms with Crippen molar-refractivity contribution in [2.45, 2.75) is 52.1 Å². The molecule has 1 fully saturated rings. The van der Waals surface area contributed by atoms with Gasteiger partial charge in [0.25, 0.3) is 0 Å². The molecule has 1 rings (SSSR count). The molecule has 1 saturated carbocycles. The molecule has 1 atom stereocenters. The van der Waals surface area contributed by atoms with Gasteiger partial charge in [0.2, 0.25) is 0 Å². The molecule has 0 spiro atoms. The maximum Gasteiger partial charge on any atom is 0.191 e. The minimum Gasteiger partial charge on any atom is -0.357 e. The van der Waals surface area contributed by atoms with E-state index in [9.17, 15) is 0 Å². The lowest BCUT2D eigenvalue weighted by Crippen LogP contribution is -2.40. The maximum absolute atomic E-state index is 4.72. The van der Waals surface area contributed by atoms with Crippen LogP contribution in [0.5, 0.6) is 0 Å². The average molecular weight is 254 g/mol. The van der Waals surface area contributed by atoms with Crippen LogP contribution in [0.3, 0.4) is 0 Å². The number of nitrogens with zero attached hydrogens (tertiary/aromatic N) is 2. The van der Waals surface area contributed by atoms with E-state index in [-0.39, 0.29) is 0 Å². The molecule has 0 bridgehead atoms. The van der Waals surface area contributed by atoms with Gasteiger partial charge in [-0.3, -0.25) is 4.99 Å². The van der Waals surface area contributed by atoms with Gasteiger partial charge < -0.3 is 15.5 Å². The van der Waals surface area contributed by atoms with Crippen LogP contribution in [-0.2, 0) is 0 Å². The normalized spacial score (nSPS) is 18.3. The lowest BCUT2D eigenvalue weighted by molar-refractivity contribution is 0.261. The molecule has 1 aliphatic rings. The van der Waals surface area contributed by atoms with E-state index in [1.807, 2.05) is 0 Å². The first-order valence-electron chi connectivity index (χ1n) is 7.24. The number of rotatable bonds is 7. The van der Waals surface area contributed by atoms with Gasteiger partial charge in [-0.1, -0.05) is 13.8 Å². The molecule has 106 valence electrons. The van der Waals surface area contributed by atoms with Crippen LogP contribution in [0.2, 0.25) is 0 Å². The molecule has 4 nitrogen and oxygen atoms in total. The summed E-state index contributed by atoms with van der Waals surface area (Å²) >= 11 is 0. The number of nitrogens with one attached hydrogen (secondary N) is 2. The minimum absolute atomic E-state index is 0.527. The standard InChI is InChI=1S/C14H30N4/c1-6-15-14(17-12-7-8-12)16-10-13(18(4)5)9-11(2)3/h11-13H,6-10H2,1-5H3,(H2,15,16,17). The van der Waals surface area contributed by atoms with Crippen molar-refractivity contribution in [3.05, 3.63) is 0 Å². The van der Waals surface area contributed by atoms with Gasteiger partial charge in [0.1, 0.15) is 0 Å². The predicted molar refractivity (Wildman–Crippen MR) is 79.1 cm³/mol. The fraction of sp³-hybridized carbons (Fsp3) is 0.929. The smallest absolute Gasteiger partial charge is 0.191 e. The Morgan fingerprint density at radius 2 is 2.00 bits per heavy atom. The van der Waals surface area contributed by atoms with Gasteiger partial charge in [-0.05, 0) is 46.2 Å². The van der Waals surface area contributed by atoms with Crippen LogP contribution in [-0.4, -0.2) is 50.1 Å². The Hall–Kier alpha value is -0.770. The molecule has 0 saturated heterocycles. The number of guanidine groups is 1. The molecule has 1 aliphatic carbocycles. The van der Waals surface area contributed by atoms with E-state index < -0.39 is 0 Å². The van der Waals surface area contributed by atoms with Gasteiger partial charge in [-0.25, -0.2) is 0 Å². The molecule has 0 aromatic carbocycles. The summed E-state index contributed by atoms with van der Waals surface area (Å²) in [6.45, 7) is 8.45. The molecule has 0 aliphatic heterocycles. The van der Waals surface area contributed by atoms with Gasteiger partial charge in [0.15, 0.2) is 5.96 Å². The van der Waals surface area contributed by atoms with Gasteiger partial charge in [0, 0.05) is 18.6 Å². The van der Waals surface area contributed by atoms with E-state index in [0.29, 0.717) is 18.0 Å². The van der Waals surface area contributed by atoms with Crippen molar-refractivity contribution < 1.29 is 0 Å². The summed E-state index contributed by atoms with van der Waals surface area (Å²) in [7, 11) is 4.29. The molecule has 0 radical (unpaired) electrons. The Morgan fingerprint density at radius 1 is 1.33 bits per heavy atom. The van der Waals surface area contributed by atoms with E-state index in [2.05, 4.69) is 50.4 Å². The first kappa shape index (κ1) is 15.3. The van der Waals surface area contributed by atoms with Crippen LogP contribution in [0.1, 0.15) is 40.0 Å². The molecule has 0 aromatic heterocycles. The predicted octanol–water partition coefficient (Wildman–Crippen LogP) is 1.68. The van der Waals surface area contributed by atoms with Gasteiger partial charge in [-0.15, -0.1) is 0 Å². The van der Waals surface area contributed by atoms with Crippen molar-refractivity contribution in [3.8, 4) is 0 Å². The quantitative estimate of drug-likeness (QED) is 0.536. The summed E-state index contributed by atoms with van der Waals surface area (Å²) in [4.78, 5) is 7.00. The first-order chi connectivity index (χ1) is 8.52. The van der Waals surface area contributed by atoms with E-state index in [1.165, 1.54) is 19.3 Å². The Bertz CT molecular complexity index is 257. The number of aliphatic imine (C=N–C) groups is 1. The molecule has 0 heterocycles. The third-order valence-electron chi connectivity index (χ3n) is 3.20. The van der Waals surface area contributed by atoms with Gasteiger partial charge >= 0.3 is 0 Å². The van der Waals surface area contributed by atoms with Gasteiger partial charge in [0.05, 0.1) is 6.54 Å². The minimum atomic E-state index is 0.527. The van der Waals surface area contributed by atoms with Crippen LogP contribution in [0.15, 0.2) is 4.99 Å². The highest BCUT2D eigenvalue weighted by atomic mass is 15.2. The average Bonchev–Trinajstić information content (AvgIpc) is 3.07. The van der Waals surface area contributed by atoms with Crippen molar-refractivity contribution >= 4 is 5.96 Å². The molecule has 1 unspecified atom stereocenters. The van der Waals surface area contributed by atoms with Crippen molar-refractivity contribution in [1.82, 2.24) is 15.5 Å². The Kier molecular flexibility index (Phi) is 6.47. The Labute approximate surface area is 112 Å². The molecule has 2 N–H and O–H groups in total. The summed E-state index contributed by atoms with van der Waals surface area (Å²) in [5.74, 6) is 1.70. The maximum atomic E-state index is 4.72. The highest BCUT2D eigenvalue weighted by molar-refractivity contribution is 5.80. The molecular weight excluding hydrogens is 224 g/mol. The van der Waals surface area contributed by atoms with Crippen molar-refractivity contribution in [2.75, 3.05) is 27.2 Å². The summed E-state index contributed by atoms with van der Waals surface area (Å²) in [6, 6.07) is 1.19.